The smallest absolute Gasteiger partial charge is 0.143 e. The highest BCUT2D eigenvalue weighted by molar-refractivity contribution is 8.00. The van der Waals surface area contributed by atoms with Crippen molar-refractivity contribution >= 4 is 35.4 Å². The summed E-state index contributed by atoms with van der Waals surface area (Å²) < 4.78 is 5.62. The normalized spacial score (nSPS) is 23.3. The van der Waals surface area contributed by atoms with E-state index >= 15 is 0 Å². The predicted octanol–water partition coefficient (Wildman–Crippen LogP) is 2.84. The third kappa shape index (κ3) is 4.75. The lowest BCUT2D eigenvalue weighted by atomic mass is 9.67. The van der Waals surface area contributed by atoms with Crippen molar-refractivity contribution in [1.29, 1.82) is 5.41 Å². The number of aromatic nitrogens is 3. The zero-order valence-electron chi connectivity index (χ0n) is 19.4. The zero-order valence-corrected chi connectivity index (χ0v) is 20.2. The van der Waals surface area contributed by atoms with Crippen molar-refractivity contribution in [1.82, 2.24) is 15.2 Å². The van der Waals surface area contributed by atoms with Crippen LogP contribution in [0.4, 0.5) is 17.5 Å². The summed E-state index contributed by atoms with van der Waals surface area (Å²) in [6, 6.07) is 4.02. The SMILES string of the molecule is CC1COCCN1c1cc(C2(O)CCC3(CC2)CSC3)c(C=N)c(Nc2ccn[nH]2)n1.CN. The molecule has 1 spiro atoms. The average molecular weight is 474 g/mol. The van der Waals surface area contributed by atoms with E-state index in [9.17, 15) is 5.11 Å². The third-order valence-corrected chi connectivity index (χ3v) is 8.69. The minimum Gasteiger partial charge on any atom is -0.385 e. The number of hydrogen-bond donors (Lipinski definition) is 5. The molecule has 0 amide bonds. The Bertz CT molecular complexity index is 939. The Kier molecular flexibility index (Phi) is 7.28. The van der Waals surface area contributed by atoms with Gasteiger partial charge in [-0.1, -0.05) is 0 Å². The van der Waals surface area contributed by atoms with Crippen LogP contribution < -0.4 is 16.0 Å². The Hall–Kier alpha value is -2.14. The fourth-order valence-corrected chi connectivity index (χ4v) is 6.34. The lowest BCUT2D eigenvalue weighted by molar-refractivity contribution is -0.0308. The van der Waals surface area contributed by atoms with Crippen LogP contribution in [0.15, 0.2) is 18.3 Å². The molecule has 1 saturated carbocycles. The molecule has 2 saturated heterocycles. The van der Waals surface area contributed by atoms with Crippen LogP contribution in [0.2, 0.25) is 0 Å². The quantitative estimate of drug-likeness (QED) is 0.418. The number of ether oxygens (including phenoxy) is 1. The molecular weight excluding hydrogens is 438 g/mol. The minimum atomic E-state index is -0.948. The first-order chi connectivity index (χ1) is 16.0. The van der Waals surface area contributed by atoms with Crippen LogP contribution >= 0.6 is 11.8 Å². The number of rotatable bonds is 5. The van der Waals surface area contributed by atoms with Crippen LogP contribution in [-0.2, 0) is 10.3 Å². The number of morpholine rings is 1. The maximum atomic E-state index is 11.8. The van der Waals surface area contributed by atoms with Gasteiger partial charge >= 0.3 is 0 Å². The number of thioether (sulfide) groups is 1. The minimum absolute atomic E-state index is 0.191. The monoisotopic (exact) mass is 473 g/mol. The van der Waals surface area contributed by atoms with E-state index in [0.29, 0.717) is 35.8 Å². The summed E-state index contributed by atoms with van der Waals surface area (Å²) in [6.07, 6.45) is 6.49. The molecule has 1 atom stereocenters. The fraction of sp³-hybridized carbons (Fsp3) is 0.609. The molecular formula is C23H35N7O2S. The Morgan fingerprint density at radius 1 is 1.33 bits per heavy atom. The number of aromatic amines is 1. The molecule has 1 unspecified atom stereocenters. The number of nitrogens with zero attached hydrogens (tertiary/aromatic N) is 3. The lowest BCUT2D eigenvalue weighted by Crippen LogP contribution is -2.46. The summed E-state index contributed by atoms with van der Waals surface area (Å²) in [7, 11) is 1.50. The maximum Gasteiger partial charge on any atom is 0.143 e. The molecule has 0 aromatic carbocycles. The molecule has 2 aromatic heterocycles. The standard InChI is InChI=1S/C22H30N6O2S.CH5N/c1-15-12-30-9-8-28(15)19-10-17(22(29)5-3-21(4-6-22)13-31-14-21)16(11-23)20(26-19)25-18-2-7-24-27-18;1-2/h2,7,10-11,15,23,29H,3-6,8-9,12-14H2,1H3,(H2,24,25,26,27);2H2,1H3. The molecule has 33 heavy (non-hydrogen) atoms. The van der Waals surface area contributed by atoms with Crippen LogP contribution in [0.25, 0.3) is 0 Å². The Morgan fingerprint density at radius 3 is 2.67 bits per heavy atom. The van der Waals surface area contributed by atoms with E-state index in [1.807, 2.05) is 23.9 Å². The van der Waals surface area contributed by atoms with Crippen LogP contribution in [-0.4, -0.2) is 70.9 Å². The summed E-state index contributed by atoms with van der Waals surface area (Å²) in [6.45, 7) is 4.18. The second-order valence-electron chi connectivity index (χ2n) is 9.17. The summed E-state index contributed by atoms with van der Waals surface area (Å²) in [5, 5.41) is 30.2. The van der Waals surface area contributed by atoms with Gasteiger partial charge in [0.25, 0.3) is 0 Å². The molecule has 6 N–H and O–H groups in total. The van der Waals surface area contributed by atoms with Crippen molar-refractivity contribution in [2.45, 2.75) is 44.2 Å². The summed E-state index contributed by atoms with van der Waals surface area (Å²) in [5.41, 5.74) is 5.40. The highest BCUT2D eigenvalue weighted by Gasteiger charge is 2.47. The van der Waals surface area contributed by atoms with Gasteiger partial charge < -0.3 is 31.2 Å². The van der Waals surface area contributed by atoms with Gasteiger partial charge in [-0.3, -0.25) is 5.10 Å². The largest absolute Gasteiger partial charge is 0.385 e. The molecule has 3 aliphatic rings. The van der Waals surface area contributed by atoms with Crippen molar-refractivity contribution in [3.05, 3.63) is 29.5 Å². The van der Waals surface area contributed by atoms with Crippen LogP contribution in [0.3, 0.4) is 0 Å². The van der Waals surface area contributed by atoms with E-state index in [1.165, 1.54) is 24.8 Å². The van der Waals surface area contributed by atoms with E-state index in [4.69, 9.17) is 15.1 Å². The Morgan fingerprint density at radius 2 is 2.09 bits per heavy atom. The van der Waals surface area contributed by atoms with Crippen LogP contribution in [0.1, 0.15) is 43.7 Å². The number of anilines is 3. The van der Waals surface area contributed by atoms with Crippen molar-refractivity contribution in [3.63, 3.8) is 0 Å². The maximum absolute atomic E-state index is 11.8. The number of hydrogen-bond acceptors (Lipinski definition) is 9. The van der Waals surface area contributed by atoms with Crippen LogP contribution in [0.5, 0.6) is 0 Å². The van der Waals surface area contributed by atoms with E-state index in [2.05, 4.69) is 33.1 Å². The fourth-order valence-electron chi connectivity index (χ4n) is 4.98. The van der Waals surface area contributed by atoms with Gasteiger partial charge in [0.2, 0.25) is 0 Å². The molecule has 3 fully saturated rings. The molecule has 10 heteroatoms. The van der Waals surface area contributed by atoms with Gasteiger partial charge in [-0.2, -0.15) is 16.9 Å². The summed E-state index contributed by atoms with van der Waals surface area (Å²) in [5.74, 6) is 4.50. The highest BCUT2D eigenvalue weighted by Crippen LogP contribution is 2.54. The topological polar surface area (TPSA) is 136 Å². The van der Waals surface area contributed by atoms with E-state index in [0.717, 1.165) is 43.6 Å². The molecule has 9 nitrogen and oxygen atoms in total. The number of pyridine rings is 1. The van der Waals surface area contributed by atoms with Gasteiger partial charge in [-0.15, -0.1) is 0 Å². The van der Waals surface area contributed by atoms with Crippen molar-refractivity contribution < 1.29 is 9.84 Å². The van der Waals surface area contributed by atoms with Gasteiger partial charge in [0.1, 0.15) is 17.5 Å². The Balaban J connectivity index is 0.00000126. The summed E-state index contributed by atoms with van der Waals surface area (Å²) >= 11 is 2.01. The predicted molar refractivity (Wildman–Crippen MR) is 134 cm³/mol. The first kappa shape index (κ1) is 24.0. The molecule has 2 aromatic rings. The molecule has 1 aliphatic carbocycles. The van der Waals surface area contributed by atoms with Crippen molar-refractivity contribution in [3.8, 4) is 0 Å². The molecule has 2 aliphatic heterocycles. The number of aliphatic hydroxyl groups is 1. The molecule has 4 heterocycles. The molecule has 0 radical (unpaired) electrons. The number of H-pyrrole nitrogens is 1. The van der Waals surface area contributed by atoms with E-state index < -0.39 is 5.60 Å². The first-order valence-corrected chi connectivity index (χ1v) is 12.7. The van der Waals surface area contributed by atoms with Gasteiger partial charge in [0.05, 0.1) is 31.1 Å². The zero-order chi connectivity index (χ0) is 23.5. The summed E-state index contributed by atoms with van der Waals surface area (Å²) in [4.78, 5) is 7.11. The van der Waals surface area contributed by atoms with E-state index in [-0.39, 0.29) is 6.04 Å². The Labute approximate surface area is 199 Å². The molecule has 0 bridgehead atoms. The number of nitrogens with two attached hydrogens (primary N) is 1. The molecule has 5 rings (SSSR count). The van der Waals surface area contributed by atoms with E-state index in [1.54, 1.807) is 6.20 Å². The second kappa shape index (κ2) is 10.0. The number of nitrogens with one attached hydrogen (secondary N) is 3. The second-order valence-corrected chi connectivity index (χ2v) is 10.2. The third-order valence-electron chi connectivity index (χ3n) is 7.06. The van der Waals surface area contributed by atoms with Crippen LogP contribution in [0, 0.1) is 10.8 Å². The van der Waals surface area contributed by atoms with Gasteiger partial charge in [0, 0.05) is 24.4 Å². The van der Waals surface area contributed by atoms with Gasteiger partial charge in [-0.25, -0.2) is 4.98 Å². The lowest BCUT2D eigenvalue weighted by Gasteiger charge is -2.49. The van der Waals surface area contributed by atoms with Crippen molar-refractivity contribution in [2.75, 3.05) is 48.5 Å². The van der Waals surface area contributed by atoms with Crippen molar-refractivity contribution in [2.24, 2.45) is 11.1 Å². The molecule has 180 valence electrons. The highest BCUT2D eigenvalue weighted by atomic mass is 32.2. The average Bonchev–Trinajstić information content (AvgIpc) is 3.33. The van der Waals surface area contributed by atoms with Gasteiger partial charge in [0.15, 0.2) is 0 Å². The first-order valence-electron chi connectivity index (χ1n) is 11.6. The van der Waals surface area contributed by atoms with Gasteiger partial charge in [-0.05, 0) is 68.2 Å².